The third kappa shape index (κ3) is 3.00. The lowest BCUT2D eigenvalue weighted by atomic mass is 9.78. The third-order valence-corrected chi connectivity index (χ3v) is 6.95. The first-order valence-electron chi connectivity index (χ1n) is 8.01. The Kier molecular flexibility index (Phi) is 4.44. The number of hydrogen-bond acceptors (Lipinski definition) is 4. The van der Waals surface area contributed by atoms with Crippen LogP contribution in [0.15, 0.2) is 29.2 Å². The van der Waals surface area contributed by atoms with Crippen LogP contribution < -0.4 is 11.1 Å². The molecule has 1 saturated carbocycles. The van der Waals surface area contributed by atoms with Crippen LogP contribution in [0.2, 0.25) is 0 Å². The number of sulfonamides is 1. The fourth-order valence-electron chi connectivity index (χ4n) is 3.74. The summed E-state index contributed by atoms with van der Waals surface area (Å²) in [6, 6.07) is 6.19. The molecule has 3 atom stereocenters. The van der Waals surface area contributed by atoms with E-state index in [4.69, 9.17) is 5.73 Å². The molecule has 7 heteroatoms. The van der Waals surface area contributed by atoms with E-state index in [0.29, 0.717) is 24.6 Å². The van der Waals surface area contributed by atoms with E-state index in [1.54, 1.807) is 23.5 Å². The highest BCUT2D eigenvalue weighted by Gasteiger charge is 2.43. The van der Waals surface area contributed by atoms with Gasteiger partial charge in [-0.2, -0.15) is 4.31 Å². The Labute approximate surface area is 137 Å². The Bertz CT molecular complexity index is 687. The fraction of sp³-hybridized carbons (Fsp3) is 0.562. The quantitative estimate of drug-likeness (QED) is 0.853. The van der Waals surface area contributed by atoms with Crippen LogP contribution in [-0.2, 0) is 10.0 Å². The molecule has 0 spiro atoms. The van der Waals surface area contributed by atoms with E-state index < -0.39 is 10.0 Å². The van der Waals surface area contributed by atoms with E-state index >= 15 is 0 Å². The minimum atomic E-state index is -3.52. The highest BCUT2D eigenvalue weighted by Crippen LogP contribution is 2.37. The van der Waals surface area contributed by atoms with Gasteiger partial charge >= 0.3 is 0 Å². The minimum Gasteiger partial charge on any atom is -0.355 e. The van der Waals surface area contributed by atoms with Gasteiger partial charge in [0.05, 0.1) is 4.90 Å². The normalized spacial score (nSPS) is 28.3. The van der Waals surface area contributed by atoms with E-state index in [9.17, 15) is 13.2 Å². The second-order valence-corrected chi connectivity index (χ2v) is 8.38. The number of rotatable bonds is 3. The second-order valence-electron chi connectivity index (χ2n) is 6.44. The topological polar surface area (TPSA) is 92.5 Å². The number of hydrogen-bond donors (Lipinski definition) is 2. The molecule has 3 unspecified atom stereocenters. The molecule has 2 aliphatic rings. The van der Waals surface area contributed by atoms with E-state index in [1.165, 1.54) is 12.1 Å². The molecule has 3 rings (SSSR count). The molecular formula is C16H23N3O3S. The highest BCUT2D eigenvalue weighted by atomic mass is 32.2. The summed E-state index contributed by atoms with van der Waals surface area (Å²) in [7, 11) is -1.98. The van der Waals surface area contributed by atoms with Gasteiger partial charge in [-0.05, 0) is 48.9 Å². The van der Waals surface area contributed by atoms with E-state index in [0.717, 1.165) is 19.3 Å². The number of carbonyl (C=O) groups excluding carboxylic acids is 1. The van der Waals surface area contributed by atoms with Gasteiger partial charge in [0.2, 0.25) is 10.0 Å². The molecule has 1 aliphatic carbocycles. The number of nitrogens with two attached hydrogens (primary N) is 1. The van der Waals surface area contributed by atoms with Crippen LogP contribution in [-0.4, -0.2) is 44.8 Å². The molecule has 2 fully saturated rings. The van der Waals surface area contributed by atoms with Crippen LogP contribution in [0.5, 0.6) is 0 Å². The van der Waals surface area contributed by atoms with Gasteiger partial charge in [-0.15, -0.1) is 0 Å². The Morgan fingerprint density at radius 3 is 2.52 bits per heavy atom. The first-order valence-corrected chi connectivity index (χ1v) is 9.45. The molecule has 1 aromatic rings. The van der Waals surface area contributed by atoms with Crippen molar-refractivity contribution in [1.82, 2.24) is 9.62 Å². The number of nitrogens with one attached hydrogen (secondary N) is 1. The van der Waals surface area contributed by atoms with Crippen molar-refractivity contribution in [3.05, 3.63) is 29.8 Å². The van der Waals surface area contributed by atoms with Crippen LogP contribution in [0.25, 0.3) is 0 Å². The third-order valence-electron chi connectivity index (χ3n) is 5.10. The molecule has 1 saturated heterocycles. The monoisotopic (exact) mass is 337 g/mol. The molecular weight excluding hydrogens is 314 g/mol. The predicted molar refractivity (Wildman–Crippen MR) is 87.4 cm³/mol. The van der Waals surface area contributed by atoms with Crippen molar-refractivity contribution in [2.75, 3.05) is 20.1 Å². The lowest BCUT2D eigenvalue weighted by Crippen LogP contribution is -2.38. The largest absolute Gasteiger partial charge is 0.355 e. The van der Waals surface area contributed by atoms with E-state index in [1.807, 2.05) is 0 Å². The lowest BCUT2D eigenvalue weighted by Gasteiger charge is -2.29. The first kappa shape index (κ1) is 16.4. The van der Waals surface area contributed by atoms with Crippen LogP contribution in [0.1, 0.15) is 29.6 Å². The fourth-order valence-corrected chi connectivity index (χ4v) is 5.28. The van der Waals surface area contributed by atoms with Crippen molar-refractivity contribution in [2.24, 2.45) is 17.6 Å². The van der Waals surface area contributed by atoms with Gasteiger partial charge in [-0.1, -0.05) is 6.42 Å². The summed E-state index contributed by atoms with van der Waals surface area (Å²) in [4.78, 5) is 11.8. The predicted octanol–water partition coefficient (Wildman–Crippen LogP) is 0.794. The van der Waals surface area contributed by atoms with Crippen molar-refractivity contribution >= 4 is 15.9 Å². The molecule has 23 heavy (non-hydrogen) atoms. The summed E-state index contributed by atoms with van der Waals surface area (Å²) < 4.78 is 27.2. The summed E-state index contributed by atoms with van der Waals surface area (Å²) in [5.41, 5.74) is 6.61. The molecule has 1 heterocycles. The Morgan fingerprint density at radius 1 is 1.22 bits per heavy atom. The Balaban J connectivity index is 1.80. The summed E-state index contributed by atoms with van der Waals surface area (Å²) >= 11 is 0. The summed E-state index contributed by atoms with van der Waals surface area (Å²) in [6.07, 6.45) is 3.12. The van der Waals surface area contributed by atoms with Crippen molar-refractivity contribution in [3.63, 3.8) is 0 Å². The molecule has 0 radical (unpaired) electrons. The Hall–Kier alpha value is -1.44. The maximum absolute atomic E-state index is 12.8. The highest BCUT2D eigenvalue weighted by molar-refractivity contribution is 7.89. The van der Waals surface area contributed by atoms with Crippen LogP contribution in [0, 0.1) is 11.8 Å². The number of benzene rings is 1. The lowest BCUT2D eigenvalue weighted by molar-refractivity contribution is 0.0963. The molecule has 1 aromatic carbocycles. The van der Waals surface area contributed by atoms with Crippen LogP contribution >= 0.6 is 0 Å². The average molecular weight is 337 g/mol. The second kappa shape index (κ2) is 6.22. The smallest absolute Gasteiger partial charge is 0.251 e. The van der Waals surface area contributed by atoms with Gasteiger partial charge in [-0.25, -0.2) is 8.42 Å². The number of amides is 1. The molecule has 0 bridgehead atoms. The first-order chi connectivity index (χ1) is 10.9. The molecule has 6 nitrogen and oxygen atoms in total. The zero-order valence-corrected chi connectivity index (χ0v) is 14.1. The number of carbonyl (C=O) groups is 1. The van der Waals surface area contributed by atoms with Gasteiger partial charge in [0.15, 0.2) is 0 Å². The van der Waals surface area contributed by atoms with Gasteiger partial charge in [0, 0.05) is 31.7 Å². The van der Waals surface area contributed by atoms with E-state index in [2.05, 4.69) is 5.32 Å². The molecule has 0 aromatic heterocycles. The minimum absolute atomic E-state index is 0.101. The maximum atomic E-state index is 12.8. The zero-order chi connectivity index (χ0) is 16.6. The van der Waals surface area contributed by atoms with Crippen molar-refractivity contribution in [3.8, 4) is 0 Å². The van der Waals surface area contributed by atoms with Crippen molar-refractivity contribution < 1.29 is 13.2 Å². The molecule has 1 aliphatic heterocycles. The van der Waals surface area contributed by atoms with E-state index in [-0.39, 0.29) is 22.8 Å². The molecule has 126 valence electrons. The van der Waals surface area contributed by atoms with Crippen LogP contribution in [0.3, 0.4) is 0 Å². The summed E-state index contributed by atoms with van der Waals surface area (Å²) in [6.45, 7) is 1.06. The van der Waals surface area contributed by atoms with Gasteiger partial charge in [0.1, 0.15) is 0 Å². The number of fused-ring (bicyclic) bond motifs is 1. The Morgan fingerprint density at radius 2 is 1.91 bits per heavy atom. The van der Waals surface area contributed by atoms with Gasteiger partial charge in [0.25, 0.3) is 5.91 Å². The molecule has 1 amide bonds. The standard InChI is InChI=1S/C16H23N3O3S/c1-18-16(20)11-5-7-13(8-6-11)23(21,22)19-9-12-3-2-4-15(17)14(12)10-19/h5-8,12,14-15H,2-4,9-10,17H2,1H3,(H,18,20). The SMILES string of the molecule is CNC(=O)c1ccc(S(=O)(=O)N2CC3CCCC(N)C3C2)cc1. The maximum Gasteiger partial charge on any atom is 0.251 e. The van der Waals surface area contributed by atoms with Crippen LogP contribution in [0.4, 0.5) is 0 Å². The average Bonchev–Trinajstić information content (AvgIpc) is 3.01. The van der Waals surface area contributed by atoms with Crippen molar-refractivity contribution in [1.29, 1.82) is 0 Å². The van der Waals surface area contributed by atoms with Gasteiger partial charge < -0.3 is 11.1 Å². The van der Waals surface area contributed by atoms with Gasteiger partial charge in [-0.3, -0.25) is 4.79 Å². The summed E-state index contributed by atoms with van der Waals surface area (Å²) in [5, 5.41) is 2.52. The molecule has 3 N–H and O–H groups in total. The van der Waals surface area contributed by atoms with Crippen molar-refractivity contribution in [2.45, 2.75) is 30.2 Å². The zero-order valence-electron chi connectivity index (χ0n) is 13.2. The number of nitrogens with zero attached hydrogens (tertiary/aromatic N) is 1. The summed E-state index contributed by atoms with van der Waals surface area (Å²) in [5.74, 6) is 0.412.